The van der Waals surface area contributed by atoms with Gasteiger partial charge in [0.15, 0.2) is 0 Å². The van der Waals surface area contributed by atoms with E-state index in [-0.39, 0.29) is 11.8 Å². The van der Waals surface area contributed by atoms with E-state index in [4.69, 9.17) is 5.73 Å². The van der Waals surface area contributed by atoms with Crippen LogP contribution in [0, 0.1) is 17.8 Å². The highest BCUT2D eigenvalue weighted by molar-refractivity contribution is 7.12. The van der Waals surface area contributed by atoms with Crippen molar-refractivity contribution in [2.24, 2.45) is 11.7 Å². The Morgan fingerprint density at radius 3 is 3.00 bits per heavy atom. The van der Waals surface area contributed by atoms with Crippen LogP contribution in [0.25, 0.3) is 0 Å². The predicted molar refractivity (Wildman–Crippen MR) is 76.2 cm³/mol. The van der Waals surface area contributed by atoms with E-state index in [0.29, 0.717) is 13.1 Å². The van der Waals surface area contributed by atoms with Gasteiger partial charge in [-0.25, -0.2) is 0 Å². The van der Waals surface area contributed by atoms with Crippen LogP contribution in [-0.4, -0.2) is 12.5 Å². The molecule has 0 bridgehead atoms. The lowest BCUT2D eigenvalue weighted by Gasteiger charge is -2.09. The first-order valence-corrected chi connectivity index (χ1v) is 7.04. The van der Waals surface area contributed by atoms with E-state index in [1.165, 1.54) is 0 Å². The van der Waals surface area contributed by atoms with Crippen molar-refractivity contribution in [2.45, 2.75) is 33.2 Å². The average Bonchev–Trinajstić information content (AvgIpc) is 2.81. The molecule has 18 heavy (non-hydrogen) atoms. The van der Waals surface area contributed by atoms with E-state index in [9.17, 15) is 4.79 Å². The Balaban J connectivity index is 2.44. The van der Waals surface area contributed by atoms with Crippen molar-refractivity contribution in [1.29, 1.82) is 0 Å². The minimum absolute atomic E-state index is 0.0893. The van der Waals surface area contributed by atoms with Crippen LogP contribution in [-0.2, 0) is 11.3 Å². The van der Waals surface area contributed by atoms with Crippen molar-refractivity contribution in [2.75, 3.05) is 6.54 Å². The molecule has 3 N–H and O–H groups in total. The molecule has 4 heteroatoms. The minimum Gasteiger partial charge on any atom is -0.351 e. The maximum absolute atomic E-state index is 11.7. The first-order chi connectivity index (χ1) is 8.67. The number of carbonyl (C=O) groups excluding carboxylic acids is 1. The van der Waals surface area contributed by atoms with Gasteiger partial charge in [-0.2, -0.15) is 0 Å². The summed E-state index contributed by atoms with van der Waals surface area (Å²) in [6, 6.07) is 3.96. The molecule has 1 unspecified atom stereocenters. The lowest BCUT2D eigenvalue weighted by molar-refractivity contribution is -0.124. The van der Waals surface area contributed by atoms with Crippen molar-refractivity contribution in [3.63, 3.8) is 0 Å². The quantitative estimate of drug-likeness (QED) is 0.800. The fourth-order valence-electron chi connectivity index (χ4n) is 1.59. The molecule has 1 atom stereocenters. The van der Waals surface area contributed by atoms with Gasteiger partial charge in [-0.05, 0) is 18.6 Å². The molecular formula is C14H20N2OS. The monoisotopic (exact) mass is 264 g/mol. The highest BCUT2D eigenvalue weighted by atomic mass is 32.1. The second-order valence-corrected chi connectivity index (χ2v) is 5.35. The Kier molecular flexibility index (Phi) is 6.48. The Morgan fingerprint density at radius 2 is 2.33 bits per heavy atom. The van der Waals surface area contributed by atoms with Crippen molar-refractivity contribution in [1.82, 2.24) is 5.32 Å². The van der Waals surface area contributed by atoms with Gasteiger partial charge in [-0.1, -0.05) is 32.1 Å². The smallest absolute Gasteiger partial charge is 0.223 e. The third-order valence-corrected chi connectivity index (χ3v) is 3.58. The van der Waals surface area contributed by atoms with E-state index in [0.717, 1.165) is 22.6 Å². The lowest BCUT2D eigenvalue weighted by Crippen LogP contribution is -2.28. The fourth-order valence-corrected chi connectivity index (χ4v) is 2.41. The van der Waals surface area contributed by atoms with Gasteiger partial charge in [0.05, 0.1) is 18.0 Å². The fraction of sp³-hybridized carbons (Fsp3) is 0.500. The summed E-state index contributed by atoms with van der Waals surface area (Å²) in [6.07, 6.45) is 1.97. The van der Waals surface area contributed by atoms with Gasteiger partial charge in [-0.3, -0.25) is 4.79 Å². The molecule has 0 aliphatic carbocycles. The van der Waals surface area contributed by atoms with Crippen molar-refractivity contribution in [3.05, 3.63) is 21.9 Å². The number of thiophene rings is 1. The Hall–Kier alpha value is -1.31. The third-order valence-electron chi connectivity index (χ3n) is 2.58. The second-order valence-electron chi connectivity index (χ2n) is 4.18. The molecule has 3 nitrogen and oxygen atoms in total. The molecule has 1 aromatic heterocycles. The van der Waals surface area contributed by atoms with Crippen molar-refractivity contribution < 1.29 is 4.79 Å². The van der Waals surface area contributed by atoms with Gasteiger partial charge < -0.3 is 11.1 Å². The van der Waals surface area contributed by atoms with E-state index in [1.807, 2.05) is 19.1 Å². The molecule has 0 aliphatic heterocycles. The number of nitrogens with one attached hydrogen (secondary N) is 1. The number of nitrogens with two attached hydrogens (primary N) is 1. The summed E-state index contributed by atoms with van der Waals surface area (Å²) >= 11 is 1.60. The molecule has 1 amide bonds. The number of rotatable bonds is 5. The molecule has 0 fully saturated rings. The summed E-state index contributed by atoms with van der Waals surface area (Å²) in [6.45, 7) is 5.01. The largest absolute Gasteiger partial charge is 0.351 e. The first-order valence-electron chi connectivity index (χ1n) is 6.22. The summed E-state index contributed by atoms with van der Waals surface area (Å²) in [5.41, 5.74) is 5.32. The van der Waals surface area contributed by atoms with Gasteiger partial charge in [0.25, 0.3) is 0 Å². The number of hydrogen-bond donors (Lipinski definition) is 2. The van der Waals surface area contributed by atoms with Crippen LogP contribution in [0.1, 0.15) is 36.4 Å². The Labute approximate surface area is 113 Å². The summed E-state index contributed by atoms with van der Waals surface area (Å²) in [4.78, 5) is 13.8. The number of amides is 1. The SMILES string of the molecule is CCCC(C)C(=O)NCc1ccc(C#CCN)s1. The van der Waals surface area contributed by atoms with Gasteiger partial charge in [0.2, 0.25) is 5.91 Å². The van der Waals surface area contributed by atoms with Crippen LogP contribution in [0.4, 0.5) is 0 Å². The summed E-state index contributed by atoms with van der Waals surface area (Å²) in [5, 5.41) is 2.95. The Bertz CT molecular complexity index is 442. The predicted octanol–water partition coefficient (Wildman–Crippen LogP) is 2.11. The van der Waals surface area contributed by atoms with E-state index >= 15 is 0 Å². The van der Waals surface area contributed by atoms with Crippen LogP contribution >= 0.6 is 11.3 Å². The number of hydrogen-bond acceptors (Lipinski definition) is 3. The van der Waals surface area contributed by atoms with Crippen LogP contribution in [0.3, 0.4) is 0 Å². The summed E-state index contributed by atoms with van der Waals surface area (Å²) in [7, 11) is 0. The molecule has 0 saturated carbocycles. The van der Waals surface area contributed by atoms with Crippen LogP contribution < -0.4 is 11.1 Å². The summed E-state index contributed by atoms with van der Waals surface area (Å²) < 4.78 is 0. The molecule has 0 saturated heterocycles. The average molecular weight is 264 g/mol. The summed E-state index contributed by atoms with van der Waals surface area (Å²) in [5.74, 6) is 6.02. The highest BCUT2D eigenvalue weighted by Gasteiger charge is 2.11. The molecule has 0 spiro atoms. The molecule has 1 rings (SSSR count). The molecule has 98 valence electrons. The van der Waals surface area contributed by atoms with Gasteiger partial charge in [-0.15, -0.1) is 11.3 Å². The molecule has 1 heterocycles. The zero-order chi connectivity index (χ0) is 13.4. The van der Waals surface area contributed by atoms with Gasteiger partial charge in [0, 0.05) is 10.8 Å². The maximum Gasteiger partial charge on any atom is 0.223 e. The van der Waals surface area contributed by atoms with Crippen LogP contribution in [0.2, 0.25) is 0 Å². The highest BCUT2D eigenvalue weighted by Crippen LogP contribution is 2.15. The minimum atomic E-state index is 0.0893. The lowest BCUT2D eigenvalue weighted by atomic mass is 10.1. The first kappa shape index (κ1) is 14.7. The second kappa shape index (κ2) is 7.91. The van der Waals surface area contributed by atoms with E-state index in [1.54, 1.807) is 11.3 Å². The standard InChI is InChI=1S/C14H20N2OS/c1-3-5-11(2)14(17)16-10-13-8-7-12(18-13)6-4-9-15/h7-8,11H,3,5,9-10,15H2,1-2H3,(H,16,17). The van der Waals surface area contributed by atoms with Crippen LogP contribution in [0.5, 0.6) is 0 Å². The molecule has 1 aromatic rings. The zero-order valence-corrected chi connectivity index (χ0v) is 11.8. The zero-order valence-electron chi connectivity index (χ0n) is 11.0. The number of carbonyl (C=O) groups is 1. The topological polar surface area (TPSA) is 55.1 Å². The Morgan fingerprint density at radius 1 is 1.56 bits per heavy atom. The molecular weight excluding hydrogens is 244 g/mol. The third kappa shape index (κ3) is 4.91. The molecule has 0 aliphatic rings. The maximum atomic E-state index is 11.7. The van der Waals surface area contributed by atoms with Gasteiger partial charge in [0.1, 0.15) is 0 Å². The van der Waals surface area contributed by atoms with E-state index in [2.05, 4.69) is 24.1 Å². The van der Waals surface area contributed by atoms with Crippen LogP contribution in [0.15, 0.2) is 12.1 Å². The van der Waals surface area contributed by atoms with E-state index < -0.39 is 0 Å². The molecule has 0 radical (unpaired) electrons. The van der Waals surface area contributed by atoms with Crippen molar-refractivity contribution in [3.8, 4) is 11.8 Å². The van der Waals surface area contributed by atoms with Gasteiger partial charge >= 0.3 is 0 Å². The normalized spacial score (nSPS) is 11.5. The molecule has 0 aromatic carbocycles. The van der Waals surface area contributed by atoms with Crippen molar-refractivity contribution >= 4 is 17.2 Å².